The van der Waals surface area contributed by atoms with Crippen molar-refractivity contribution in [1.29, 1.82) is 0 Å². The second-order valence-corrected chi connectivity index (χ2v) is 7.86. The molecule has 0 aliphatic carbocycles. The molecule has 1 amide bonds. The van der Waals surface area contributed by atoms with Crippen LogP contribution >= 0.6 is 36.4 Å². The maximum atomic E-state index is 13.5. The van der Waals surface area contributed by atoms with Crippen molar-refractivity contribution in [1.82, 2.24) is 25.0 Å². The second kappa shape index (κ2) is 9.96. The zero-order valence-corrected chi connectivity index (χ0v) is 19.5. The average molecular weight is 471 g/mol. The largest absolute Gasteiger partial charge is 0.329 e. The summed E-state index contributed by atoms with van der Waals surface area (Å²) in [6.07, 6.45) is 1.78. The van der Waals surface area contributed by atoms with Crippen LogP contribution in [0, 0.1) is 6.92 Å². The lowest BCUT2D eigenvalue weighted by atomic mass is 10.0. The van der Waals surface area contributed by atoms with Crippen molar-refractivity contribution in [3.05, 3.63) is 58.4 Å². The number of amides is 1. The van der Waals surface area contributed by atoms with Crippen molar-refractivity contribution in [2.75, 3.05) is 19.6 Å². The Bertz CT molecular complexity index is 1040. The molecule has 30 heavy (non-hydrogen) atoms. The molecule has 0 saturated carbocycles. The van der Waals surface area contributed by atoms with Gasteiger partial charge < -0.3 is 10.2 Å². The maximum absolute atomic E-state index is 13.5. The highest BCUT2D eigenvalue weighted by atomic mass is 35.5. The van der Waals surface area contributed by atoms with Gasteiger partial charge in [-0.25, -0.2) is 9.67 Å². The molecule has 0 spiro atoms. The summed E-state index contributed by atoms with van der Waals surface area (Å²) in [5.41, 5.74) is 3.11. The number of pyridine rings is 1. The smallest absolute Gasteiger partial charge is 0.256 e. The molecule has 0 radical (unpaired) electrons. The molecule has 1 unspecified atom stereocenters. The van der Waals surface area contributed by atoms with E-state index in [0.29, 0.717) is 23.7 Å². The summed E-state index contributed by atoms with van der Waals surface area (Å²) >= 11 is 6.43. The van der Waals surface area contributed by atoms with Gasteiger partial charge in [0.1, 0.15) is 0 Å². The highest BCUT2D eigenvalue weighted by Gasteiger charge is 2.31. The number of halogens is 3. The molecule has 9 heteroatoms. The number of benzene rings is 1. The number of hydrogen-bond acceptors (Lipinski definition) is 4. The highest BCUT2D eigenvalue weighted by Crippen LogP contribution is 2.30. The lowest BCUT2D eigenvalue weighted by molar-refractivity contribution is 0.0633. The first-order valence-corrected chi connectivity index (χ1v) is 9.96. The predicted molar refractivity (Wildman–Crippen MR) is 125 cm³/mol. The first kappa shape index (κ1) is 24.4. The SMILES string of the molecule is Cc1nc2c(cnn2C(C)C)cc1C(=O)N1CCNCC1c1ccccc1Cl.Cl.Cl. The molecule has 3 heterocycles. The van der Waals surface area contributed by atoms with E-state index in [2.05, 4.69) is 24.3 Å². The Morgan fingerprint density at radius 3 is 2.70 bits per heavy atom. The van der Waals surface area contributed by atoms with Gasteiger partial charge in [0, 0.05) is 36.1 Å². The molecule has 162 valence electrons. The van der Waals surface area contributed by atoms with Crippen LogP contribution in [0.2, 0.25) is 5.02 Å². The monoisotopic (exact) mass is 469 g/mol. The van der Waals surface area contributed by atoms with Crippen molar-refractivity contribution < 1.29 is 4.79 Å². The molecule has 1 N–H and O–H groups in total. The van der Waals surface area contributed by atoms with E-state index in [9.17, 15) is 4.79 Å². The third-order valence-corrected chi connectivity index (χ3v) is 5.59. The molecule has 0 bridgehead atoms. The number of piperazine rings is 1. The molecule has 1 aromatic carbocycles. The van der Waals surface area contributed by atoms with Crippen LogP contribution in [0.4, 0.5) is 0 Å². The second-order valence-electron chi connectivity index (χ2n) is 7.46. The van der Waals surface area contributed by atoms with Crippen LogP contribution < -0.4 is 5.32 Å². The third kappa shape index (κ3) is 4.42. The number of nitrogens with zero attached hydrogens (tertiary/aromatic N) is 4. The standard InChI is InChI=1S/C21H24ClN5O.2ClH/c1-13(2)27-20-15(11-24-27)10-17(14(3)25-20)21(28)26-9-8-23-12-19(26)16-6-4-5-7-18(16)22;;/h4-7,10-11,13,19,23H,8-9,12H2,1-3H3;2*1H. The number of carbonyl (C=O) groups excluding carboxylic acids is 1. The predicted octanol–water partition coefficient (Wildman–Crippen LogP) is 4.60. The van der Waals surface area contributed by atoms with E-state index < -0.39 is 0 Å². The van der Waals surface area contributed by atoms with Gasteiger partial charge in [-0.15, -0.1) is 24.8 Å². The normalized spacial score (nSPS) is 16.3. The number of aryl methyl sites for hydroxylation is 1. The van der Waals surface area contributed by atoms with E-state index >= 15 is 0 Å². The van der Waals surface area contributed by atoms with Crippen LogP contribution in [0.3, 0.4) is 0 Å². The first-order valence-electron chi connectivity index (χ1n) is 9.58. The van der Waals surface area contributed by atoms with Gasteiger partial charge >= 0.3 is 0 Å². The Kier molecular flexibility index (Phi) is 8.11. The fourth-order valence-corrected chi connectivity index (χ4v) is 4.05. The van der Waals surface area contributed by atoms with Gasteiger partial charge in [-0.2, -0.15) is 5.10 Å². The molecule has 1 aliphatic heterocycles. The number of rotatable bonds is 3. The molecule has 3 aromatic rings. The van der Waals surface area contributed by atoms with Gasteiger partial charge in [-0.1, -0.05) is 29.8 Å². The molecule has 1 saturated heterocycles. The highest BCUT2D eigenvalue weighted by molar-refractivity contribution is 6.31. The van der Waals surface area contributed by atoms with Gasteiger partial charge in [0.25, 0.3) is 5.91 Å². The quantitative estimate of drug-likeness (QED) is 0.607. The molecule has 4 rings (SSSR count). The topological polar surface area (TPSA) is 63.1 Å². The van der Waals surface area contributed by atoms with Crippen LogP contribution in [0.15, 0.2) is 36.5 Å². The van der Waals surface area contributed by atoms with Crippen molar-refractivity contribution in [2.45, 2.75) is 32.9 Å². The minimum Gasteiger partial charge on any atom is -0.329 e. The van der Waals surface area contributed by atoms with Crippen LogP contribution in [-0.4, -0.2) is 45.2 Å². The fraction of sp³-hybridized carbons (Fsp3) is 0.381. The summed E-state index contributed by atoms with van der Waals surface area (Å²) in [6.45, 7) is 8.07. The summed E-state index contributed by atoms with van der Waals surface area (Å²) in [7, 11) is 0. The molecule has 2 aromatic heterocycles. The Hall–Kier alpha value is -1.86. The van der Waals surface area contributed by atoms with Crippen LogP contribution in [-0.2, 0) is 0 Å². The van der Waals surface area contributed by atoms with Crippen molar-refractivity contribution in [3.63, 3.8) is 0 Å². The van der Waals surface area contributed by atoms with E-state index in [4.69, 9.17) is 16.6 Å². The van der Waals surface area contributed by atoms with E-state index in [1.807, 2.05) is 46.8 Å². The van der Waals surface area contributed by atoms with Gasteiger partial charge in [-0.05, 0) is 38.5 Å². The maximum Gasteiger partial charge on any atom is 0.256 e. The summed E-state index contributed by atoms with van der Waals surface area (Å²) in [6, 6.07) is 9.74. The average Bonchev–Trinajstić information content (AvgIpc) is 3.10. The Labute approximate surface area is 193 Å². The minimum absolute atomic E-state index is 0. The van der Waals surface area contributed by atoms with Gasteiger partial charge in [0.2, 0.25) is 0 Å². The van der Waals surface area contributed by atoms with E-state index in [1.54, 1.807) is 6.20 Å². The van der Waals surface area contributed by atoms with Gasteiger partial charge in [-0.3, -0.25) is 4.79 Å². The molecular weight excluding hydrogens is 445 g/mol. The zero-order chi connectivity index (χ0) is 19.8. The van der Waals surface area contributed by atoms with Crippen molar-refractivity contribution in [2.24, 2.45) is 0 Å². The van der Waals surface area contributed by atoms with Crippen LogP contribution in [0.5, 0.6) is 0 Å². The van der Waals surface area contributed by atoms with E-state index in [-0.39, 0.29) is 42.8 Å². The number of nitrogens with one attached hydrogen (secondary N) is 1. The molecule has 6 nitrogen and oxygen atoms in total. The molecular formula is C21H26Cl3N5O. The number of carbonyl (C=O) groups is 1. The number of fused-ring (bicyclic) bond motifs is 1. The zero-order valence-electron chi connectivity index (χ0n) is 17.1. The number of hydrogen-bond donors (Lipinski definition) is 1. The summed E-state index contributed by atoms with van der Waals surface area (Å²) in [5.74, 6) is -0.0179. The lowest BCUT2D eigenvalue weighted by Crippen LogP contribution is -2.49. The van der Waals surface area contributed by atoms with E-state index in [1.165, 1.54) is 0 Å². The molecule has 1 atom stereocenters. The Morgan fingerprint density at radius 2 is 2.00 bits per heavy atom. The first-order chi connectivity index (χ1) is 13.5. The van der Waals surface area contributed by atoms with Crippen molar-refractivity contribution >= 4 is 53.4 Å². The molecule has 1 fully saturated rings. The Balaban J connectivity index is 0.00000160. The summed E-state index contributed by atoms with van der Waals surface area (Å²) in [5, 5.41) is 9.36. The summed E-state index contributed by atoms with van der Waals surface area (Å²) in [4.78, 5) is 20.1. The van der Waals surface area contributed by atoms with Crippen molar-refractivity contribution in [3.8, 4) is 0 Å². The van der Waals surface area contributed by atoms with E-state index in [0.717, 1.165) is 28.8 Å². The molecule has 1 aliphatic rings. The lowest BCUT2D eigenvalue weighted by Gasteiger charge is -2.37. The Morgan fingerprint density at radius 1 is 1.27 bits per heavy atom. The van der Waals surface area contributed by atoms with Gasteiger partial charge in [0.15, 0.2) is 5.65 Å². The van der Waals surface area contributed by atoms with Crippen LogP contribution in [0.1, 0.15) is 47.5 Å². The van der Waals surface area contributed by atoms with Gasteiger partial charge in [0.05, 0.1) is 23.5 Å². The minimum atomic E-state index is -0.108. The summed E-state index contributed by atoms with van der Waals surface area (Å²) < 4.78 is 1.88. The fourth-order valence-electron chi connectivity index (χ4n) is 3.79. The number of aromatic nitrogens is 3. The van der Waals surface area contributed by atoms with Crippen LogP contribution in [0.25, 0.3) is 11.0 Å². The third-order valence-electron chi connectivity index (χ3n) is 5.25.